The van der Waals surface area contributed by atoms with Crippen molar-refractivity contribution < 1.29 is 19.7 Å². The molecule has 3 rings (SSSR count). The number of amides is 1. The van der Waals surface area contributed by atoms with E-state index in [1.807, 2.05) is 13.8 Å². The van der Waals surface area contributed by atoms with Crippen molar-refractivity contribution in [3.8, 4) is 0 Å². The standard InChI is InChI=1S/C11H17NO4/c1-5-6(2)11(15,4-13)9-8(16-9)10(5)3-7(14)12-10/h5-6,8-9,13,15H,3-4H2,1-2H3,(H,12,14). The Morgan fingerprint density at radius 1 is 1.44 bits per heavy atom. The fourth-order valence-corrected chi connectivity index (χ4v) is 3.47. The zero-order valence-corrected chi connectivity index (χ0v) is 9.43. The highest BCUT2D eigenvalue weighted by molar-refractivity contribution is 5.85. The second kappa shape index (κ2) is 2.78. The minimum absolute atomic E-state index is 0.0442. The van der Waals surface area contributed by atoms with Crippen LogP contribution in [0.2, 0.25) is 0 Å². The second-order valence-corrected chi connectivity index (χ2v) is 5.47. The van der Waals surface area contributed by atoms with Crippen LogP contribution in [0.25, 0.3) is 0 Å². The molecule has 1 saturated carbocycles. The van der Waals surface area contributed by atoms with Crippen molar-refractivity contribution in [3.05, 3.63) is 0 Å². The zero-order valence-electron chi connectivity index (χ0n) is 9.43. The number of carbonyl (C=O) groups is 1. The van der Waals surface area contributed by atoms with Gasteiger partial charge in [-0.1, -0.05) is 13.8 Å². The molecule has 2 aliphatic heterocycles. The molecule has 1 aliphatic carbocycles. The van der Waals surface area contributed by atoms with E-state index >= 15 is 0 Å². The number of fused-ring (bicyclic) bond motifs is 2. The normalized spacial score (nSPS) is 58.9. The number of rotatable bonds is 1. The van der Waals surface area contributed by atoms with Crippen LogP contribution in [0.4, 0.5) is 0 Å². The summed E-state index contributed by atoms with van der Waals surface area (Å²) in [6.45, 7) is 3.62. The first kappa shape index (κ1) is 10.5. The van der Waals surface area contributed by atoms with E-state index in [0.717, 1.165) is 0 Å². The summed E-state index contributed by atoms with van der Waals surface area (Å²) in [4.78, 5) is 11.1. The highest BCUT2D eigenvalue weighted by Crippen LogP contribution is 2.57. The summed E-state index contributed by atoms with van der Waals surface area (Å²) in [5, 5.41) is 22.6. The third-order valence-corrected chi connectivity index (χ3v) is 4.92. The molecule has 16 heavy (non-hydrogen) atoms. The SMILES string of the molecule is CC1C(C)C2(CC(=O)N2)C2OC2C1(O)CO. The third kappa shape index (κ3) is 0.948. The van der Waals surface area contributed by atoms with Gasteiger partial charge in [0.2, 0.25) is 5.91 Å². The minimum atomic E-state index is -1.16. The number of aliphatic hydroxyl groups excluding tert-OH is 1. The highest BCUT2D eigenvalue weighted by Gasteiger charge is 2.74. The summed E-state index contributed by atoms with van der Waals surface area (Å²) in [7, 11) is 0. The molecule has 2 saturated heterocycles. The molecule has 3 fully saturated rings. The number of nitrogens with one attached hydrogen (secondary N) is 1. The quantitative estimate of drug-likeness (QED) is 0.397. The average molecular weight is 227 g/mol. The summed E-state index contributed by atoms with van der Waals surface area (Å²) in [6.07, 6.45) is 0.0131. The number of β-lactam (4-membered cyclic amide) rings is 1. The Morgan fingerprint density at radius 2 is 2.06 bits per heavy atom. The van der Waals surface area contributed by atoms with Crippen LogP contribution in [0.3, 0.4) is 0 Å². The van der Waals surface area contributed by atoms with Crippen LogP contribution >= 0.6 is 0 Å². The second-order valence-electron chi connectivity index (χ2n) is 5.47. The van der Waals surface area contributed by atoms with Crippen LogP contribution < -0.4 is 5.32 Å². The van der Waals surface area contributed by atoms with Crippen LogP contribution in [-0.4, -0.2) is 46.1 Å². The zero-order chi connectivity index (χ0) is 11.7. The molecule has 1 spiro atoms. The van der Waals surface area contributed by atoms with E-state index in [0.29, 0.717) is 6.42 Å². The van der Waals surface area contributed by atoms with Crippen LogP contribution in [0.5, 0.6) is 0 Å². The van der Waals surface area contributed by atoms with Crippen molar-refractivity contribution in [2.24, 2.45) is 11.8 Å². The van der Waals surface area contributed by atoms with Crippen molar-refractivity contribution in [3.63, 3.8) is 0 Å². The van der Waals surface area contributed by atoms with E-state index in [9.17, 15) is 15.0 Å². The molecule has 3 N–H and O–H groups in total. The molecule has 1 amide bonds. The maximum absolute atomic E-state index is 11.1. The molecular formula is C11H17NO4. The maximum atomic E-state index is 11.1. The van der Waals surface area contributed by atoms with Crippen LogP contribution in [0.15, 0.2) is 0 Å². The highest BCUT2D eigenvalue weighted by atomic mass is 16.6. The lowest BCUT2D eigenvalue weighted by atomic mass is 9.58. The van der Waals surface area contributed by atoms with Gasteiger partial charge in [-0.15, -0.1) is 0 Å². The van der Waals surface area contributed by atoms with Crippen molar-refractivity contribution in [2.75, 3.05) is 6.61 Å². The first-order chi connectivity index (χ1) is 7.45. The lowest BCUT2D eigenvalue weighted by Gasteiger charge is -2.53. The molecule has 5 nitrogen and oxygen atoms in total. The van der Waals surface area contributed by atoms with Crippen LogP contribution in [0, 0.1) is 11.8 Å². The smallest absolute Gasteiger partial charge is 0.223 e. The van der Waals surface area contributed by atoms with Crippen molar-refractivity contribution >= 4 is 5.91 Å². The summed E-state index contributed by atoms with van der Waals surface area (Å²) in [5.74, 6) is 0.0516. The van der Waals surface area contributed by atoms with E-state index in [1.165, 1.54) is 0 Å². The number of carbonyl (C=O) groups excluding carboxylic acids is 1. The topological polar surface area (TPSA) is 82.1 Å². The Morgan fingerprint density at radius 3 is 2.56 bits per heavy atom. The Labute approximate surface area is 93.8 Å². The summed E-state index contributed by atoms with van der Waals surface area (Å²) in [5.41, 5.74) is -1.46. The van der Waals surface area contributed by atoms with E-state index in [2.05, 4.69) is 5.32 Å². The van der Waals surface area contributed by atoms with Gasteiger partial charge >= 0.3 is 0 Å². The largest absolute Gasteiger partial charge is 0.393 e. The van der Waals surface area contributed by atoms with Gasteiger partial charge in [-0.05, 0) is 11.8 Å². The first-order valence-corrected chi connectivity index (χ1v) is 5.75. The molecule has 0 aromatic carbocycles. The van der Waals surface area contributed by atoms with Crippen molar-refractivity contribution in [2.45, 2.75) is 43.6 Å². The van der Waals surface area contributed by atoms with Gasteiger partial charge in [0.1, 0.15) is 17.8 Å². The Balaban J connectivity index is 1.92. The molecule has 0 bridgehead atoms. The molecule has 0 radical (unpaired) electrons. The number of epoxide rings is 1. The Hall–Kier alpha value is -0.650. The number of ether oxygens (including phenoxy) is 1. The van der Waals surface area contributed by atoms with Gasteiger partial charge in [-0.2, -0.15) is 0 Å². The number of hydrogen-bond donors (Lipinski definition) is 3. The molecule has 6 unspecified atom stereocenters. The third-order valence-electron chi connectivity index (χ3n) is 4.92. The molecule has 90 valence electrons. The van der Waals surface area contributed by atoms with E-state index in [4.69, 9.17) is 4.74 Å². The molecule has 6 atom stereocenters. The first-order valence-electron chi connectivity index (χ1n) is 5.75. The predicted molar refractivity (Wildman–Crippen MR) is 54.5 cm³/mol. The van der Waals surface area contributed by atoms with Crippen molar-refractivity contribution in [1.29, 1.82) is 0 Å². The predicted octanol–water partition coefficient (Wildman–Crippen LogP) is -0.978. The van der Waals surface area contributed by atoms with E-state index in [1.54, 1.807) is 0 Å². The van der Waals surface area contributed by atoms with E-state index < -0.39 is 5.60 Å². The van der Waals surface area contributed by atoms with Crippen LogP contribution in [0.1, 0.15) is 20.3 Å². The lowest BCUT2D eigenvalue weighted by Crippen LogP contribution is -2.74. The Kier molecular flexibility index (Phi) is 1.82. The number of hydrogen-bond acceptors (Lipinski definition) is 4. The van der Waals surface area contributed by atoms with E-state index in [-0.39, 0.29) is 42.1 Å². The van der Waals surface area contributed by atoms with Crippen LogP contribution in [-0.2, 0) is 9.53 Å². The molecule has 0 aromatic rings. The molecule has 0 aromatic heterocycles. The monoisotopic (exact) mass is 227 g/mol. The van der Waals surface area contributed by atoms with Gasteiger partial charge in [0, 0.05) is 0 Å². The van der Waals surface area contributed by atoms with Gasteiger partial charge in [-0.25, -0.2) is 0 Å². The lowest BCUT2D eigenvalue weighted by molar-refractivity contribution is -0.148. The molecule has 3 aliphatic rings. The summed E-state index contributed by atoms with van der Waals surface area (Å²) >= 11 is 0. The van der Waals surface area contributed by atoms with Gasteiger partial charge in [0.25, 0.3) is 0 Å². The Bertz CT molecular complexity index is 350. The van der Waals surface area contributed by atoms with Crippen molar-refractivity contribution in [1.82, 2.24) is 5.32 Å². The minimum Gasteiger partial charge on any atom is -0.393 e. The van der Waals surface area contributed by atoms with Gasteiger partial charge in [0.05, 0.1) is 18.6 Å². The fourth-order valence-electron chi connectivity index (χ4n) is 3.47. The average Bonchev–Trinajstić information content (AvgIpc) is 3.00. The molecule has 5 heteroatoms. The maximum Gasteiger partial charge on any atom is 0.223 e. The van der Waals surface area contributed by atoms with Gasteiger partial charge in [0.15, 0.2) is 0 Å². The summed E-state index contributed by atoms with van der Waals surface area (Å²) < 4.78 is 5.51. The number of aliphatic hydroxyl groups is 2. The fraction of sp³-hybridized carbons (Fsp3) is 0.909. The summed E-state index contributed by atoms with van der Waals surface area (Å²) in [6, 6.07) is 0. The molecule has 2 heterocycles. The van der Waals surface area contributed by atoms with Gasteiger partial charge < -0.3 is 20.3 Å². The van der Waals surface area contributed by atoms with Gasteiger partial charge in [-0.3, -0.25) is 4.79 Å². The molecular weight excluding hydrogens is 210 g/mol.